The van der Waals surface area contributed by atoms with Crippen molar-refractivity contribution in [3.8, 4) is 16.3 Å². The fraction of sp³-hybridized carbons (Fsp3) is 0.154. The number of thiazole rings is 1. The predicted molar refractivity (Wildman–Crippen MR) is 135 cm³/mol. The minimum absolute atomic E-state index is 0.296. The van der Waals surface area contributed by atoms with Gasteiger partial charge in [0.1, 0.15) is 17.3 Å². The molecule has 4 rings (SSSR count). The number of benzene rings is 3. The quantitative estimate of drug-likeness (QED) is 0.360. The molecule has 2 N–H and O–H groups in total. The Morgan fingerprint density at radius 1 is 1.00 bits per heavy atom. The van der Waals surface area contributed by atoms with Crippen molar-refractivity contribution in [3.05, 3.63) is 77.9 Å². The Morgan fingerprint density at radius 2 is 1.77 bits per heavy atom. The van der Waals surface area contributed by atoms with Crippen LogP contribution in [0.3, 0.4) is 0 Å². The summed E-state index contributed by atoms with van der Waals surface area (Å²) in [5, 5.41) is 6.03. The van der Waals surface area contributed by atoms with Gasteiger partial charge in [0, 0.05) is 11.3 Å². The second-order valence-electron chi connectivity index (χ2n) is 7.66. The van der Waals surface area contributed by atoms with Crippen LogP contribution in [0.15, 0.2) is 66.7 Å². The number of aryl methyl sites for hydroxylation is 1. The van der Waals surface area contributed by atoms with Crippen molar-refractivity contribution in [2.24, 2.45) is 0 Å². The van der Waals surface area contributed by atoms with E-state index in [1.807, 2.05) is 31.2 Å². The summed E-state index contributed by atoms with van der Waals surface area (Å²) in [6, 6.07) is 20.1. The highest BCUT2D eigenvalue weighted by Gasteiger charge is 2.14. The van der Waals surface area contributed by atoms with Crippen LogP contribution in [0, 0.1) is 6.92 Å². The number of nitrogens with one attached hydrogen (secondary N) is 2. The van der Waals surface area contributed by atoms with Gasteiger partial charge >= 0.3 is 5.97 Å². The Kier molecular flexibility index (Phi) is 7.37. The number of fused-ring (bicyclic) bond motifs is 1. The molecule has 2 amide bonds. The Labute approximate surface area is 205 Å². The summed E-state index contributed by atoms with van der Waals surface area (Å²) in [6.45, 7) is 1.20. The van der Waals surface area contributed by atoms with Crippen LogP contribution < -0.4 is 15.4 Å². The molecule has 0 aliphatic carbocycles. The Balaban J connectivity index is 1.25. The van der Waals surface area contributed by atoms with Crippen LogP contribution in [-0.4, -0.2) is 43.0 Å². The molecule has 0 unspecified atom stereocenters. The van der Waals surface area contributed by atoms with Crippen molar-refractivity contribution in [1.29, 1.82) is 0 Å². The summed E-state index contributed by atoms with van der Waals surface area (Å²) >= 11 is 1.61. The second-order valence-corrected chi connectivity index (χ2v) is 8.69. The lowest BCUT2D eigenvalue weighted by Gasteiger charge is -2.09. The second kappa shape index (κ2) is 10.8. The first-order valence-electron chi connectivity index (χ1n) is 10.8. The lowest BCUT2D eigenvalue weighted by atomic mass is 10.2. The molecule has 8 nitrogen and oxygen atoms in total. The highest BCUT2D eigenvalue weighted by atomic mass is 32.1. The number of methoxy groups -OCH3 is 1. The third-order valence-electron chi connectivity index (χ3n) is 5.07. The SMILES string of the molecule is COc1ccccc1C(=O)NCC(=O)OCC(=O)Nc1ccc(-c2nc3ccc(C)cc3s2)cc1. The molecule has 0 atom stereocenters. The molecule has 9 heteroatoms. The molecule has 0 spiro atoms. The summed E-state index contributed by atoms with van der Waals surface area (Å²) in [5.41, 5.74) is 3.94. The fourth-order valence-electron chi connectivity index (χ4n) is 3.33. The van der Waals surface area contributed by atoms with Crippen LogP contribution in [-0.2, 0) is 14.3 Å². The van der Waals surface area contributed by atoms with Gasteiger partial charge < -0.3 is 20.1 Å². The Morgan fingerprint density at radius 3 is 2.54 bits per heavy atom. The summed E-state index contributed by atoms with van der Waals surface area (Å²) in [6.07, 6.45) is 0. The first-order valence-corrected chi connectivity index (χ1v) is 11.6. The van der Waals surface area contributed by atoms with Crippen molar-refractivity contribution in [3.63, 3.8) is 0 Å². The van der Waals surface area contributed by atoms with E-state index in [9.17, 15) is 14.4 Å². The van der Waals surface area contributed by atoms with Gasteiger partial charge in [-0.2, -0.15) is 0 Å². The van der Waals surface area contributed by atoms with E-state index < -0.39 is 24.4 Å². The zero-order valence-corrected chi connectivity index (χ0v) is 20.0. The van der Waals surface area contributed by atoms with Crippen molar-refractivity contribution in [2.75, 3.05) is 25.6 Å². The van der Waals surface area contributed by atoms with Gasteiger partial charge in [-0.1, -0.05) is 18.2 Å². The fourth-order valence-corrected chi connectivity index (χ4v) is 4.39. The number of hydrogen-bond donors (Lipinski definition) is 2. The molecule has 0 saturated carbocycles. The number of esters is 1. The highest BCUT2D eigenvalue weighted by Crippen LogP contribution is 2.31. The van der Waals surface area contributed by atoms with E-state index in [-0.39, 0.29) is 6.54 Å². The number of para-hydroxylation sites is 1. The van der Waals surface area contributed by atoms with Crippen molar-refractivity contribution < 1.29 is 23.9 Å². The number of carbonyl (C=O) groups is 3. The van der Waals surface area contributed by atoms with E-state index in [1.165, 1.54) is 12.7 Å². The maximum Gasteiger partial charge on any atom is 0.325 e. The topological polar surface area (TPSA) is 107 Å². The molecule has 0 bridgehead atoms. The number of ether oxygens (including phenoxy) is 2. The summed E-state index contributed by atoms with van der Waals surface area (Å²) < 4.78 is 11.2. The number of anilines is 1. The predicted octanol–water partition coefficient (Wildman–Crippen LogP) is 4.19. The van der Waals surface area contributed by atoms with E-state index in [2.05, 4.69) is 21.7 Å². The minimum atomic E-state index is -0.732. The van der Waals surface area contributed by atoms with Crippen LogP contribution >= 0.6 is 11.3 Å². The summed E-state index contributed by atoms with van der Waals surface area (Å²) in [4.78, 5) is 41.0. The number of carbonyl (C=O) groups excluding carboxylic acids is 3. The van der Waals surface area contributed by atoms with Crippen LogP contribution in [0.25, 0.3) is 20.8 Å². The monoisotopic (exact) mass is 489 g/mol. The molecular weight excluding hydrogens is 466 g/mol. The summed E-state index contributed by atoms with van der Waals surface area (Å²) in [7, 11) is 1.45. The first-order chi connectivity index (χ1) is 16.9. The number of nitrogens with zero attached hydrogens (tertiary/aromatic N) is 1. The van der Waals surface area contributed by atoms with Crippen LogP contribution in [0.1, 0.15) is 15.9 Å². The van der Waals surface area contributed by atoms with Crippen molar-refractivity contribution in [1.82, 2.24) is 10.3 Å². The molecule has 1 aromatic heterocycles. The molecule has 0 fully saturated rings. The van der Waals surface area contributed by atoms with Gasteiger partial charge in [-0.15, -0.1) is 11.3 Å². The molecule has 178 valence electrons. The van der Waals surface area contributed by atoms with E-state index in [1.54, 1.807) is 47.7 Å². The number of aromatic nitrogens is 1. The lowest BCUT2D eigenvalue weighted by Crippen LogP contribution is -2.32. The zero-order valence-electron chi connectivity index (χ0n) is 19.2. The van der Waals surface area contributed by atoms with Gasteiger partial charge in [0.15, 0.2) is 6.61 Å². The number of hydrogen-bond acceptors (Lipinski definition) is 7. The van der Waals surface area contributed by atoms with E-state index in [4.69, 9.17) is 9.47 Å². The largest absolute Gasteiger partial charge is 0.496 e. The third-order valence-corrected chi connectivity index (χ3v) is 6.14. The normalized spacial score (nSPS) is 10.6. The van der Waals surface area contributed by atoms with Gasteiger partial charge in [-0.25, -0.2) is 4.98 Å². The van der Waals surface area contributed by atoms with E-state index >= 15 is 0 Å². The number of amides is 2. The highest BCUT2D eigenvalue weighted by molar-refractivity contribution is 7.21. The Bertz CT molecular complexity index is 1380. The maximum absolute atomic E-state index is 12.2. The molecular formula is C26H23N3O5S. The molecule has 0 aliphatic heterocycles. The van der Waals surface area contributed by atoms with Crippen LogP contribution in [0.4, 0.5) is 5.69 Å². The standard InChI is InChI=1S/C26H23N3O5S/c1-16-7-12-20-22(13-16)35-26(29-20)17-8-10-18(11-9-17)28-23(30)15-34-24(31)14-27-25(32)19-5-3-4-6-21(19)33-2/h3-13H,14-15H2,1-2H3,(H,27,32)(H,28,30). The minimum Gasteiger partial charge on any atom is -0.496 e. The van der Waals surface area contributed by atoms with E-state index in [0.717, 1.165) is 20.8 Å². The molecule has 1 heterocycles. The third kappa shape index (κ3) is 6.01. The van der Waals surface area contributed by atoms with Crippen LogP contribution in [0.5, 0.6) is 5.75 Å². The first kappa shape index (κ1) is 23.9. The lowest BCUT2D eigenvalue weighted by molar-refractivity contribution is -0.146. The smallest absolute Gasteiger partial charge is 0.325 e. The Hall–Kier alpha value is -4.24. The molecule has 0 saturated heterocycles. The molecule has 0 radical (unpaired) electrons. The van der Waals surface area contributed by atoms with E-state index in [0.29, 0.717) is 17.0 Å². The van der Waals surface area contributed by atoms with Gasteiger partial charge in [0.05, 0.1) is 22.9 Å². The molecule has 4 aromatic rings. The number of rotatable bonds is 8. The van der Waals surface area contributed by atoms with Gasteiger partial charge in [-0.3, -0.25) is 14.4 Å². The average Bonchev–Trinajstić information content (AvgIpc) is 3.29. The van der Waals surface area contributed by atoms with Gasteiger partial charge in [-0.05, 0) is 61.0 Å². The maximum atomic E-state index is 12.2. The summed E-state index contributed by atoms with van der Waals surface area (Å²) in [5.74, 6) is -1.31. The van der Waals surface area contributed by atoms with Crippen molar-refractivity contribution >= 4 is 45.0 Å². The molecule has 35 heavy (non-hydrogen) atoms. The van der Waals surface area contributed by atoms with Crippen molar-refractivity contribution in [2.45, 2.75) is 6.92 Å². The average molecular weight is 490 g/mol. The molecule has 0 aliphatic rings. The molecule has 3 aromatic carbocycles. The van der Waals surface area contributed by atoms with Gasteiger partial charge in [0.2, 0.25) is 0 Å². The van der Waals surface area contributed by atoms with Crippen LogP contribution in [0.2, 0.25) is 0 Å². The van der Waals surface area contributed by atoms with Gasteiger partial charge in [0.25, 0.3) is 11.8 Å². The zero-order chi connectivity index (χ0) is 24.8.